The highest BCUT2D eigenvalue weighted by molar-refractivity contribution is 6.31. The molecule has 0 N–H and O–H groups in total. The zero-order valence-electron chi connectivity index (χ0n) is 11.7. The van der Waals surface area contributed by atoms with Gasteiger partial charge in [0.2, 0.25) is 0 Å². The van der Waals surface area contributed by atoms with Crippen LogP contribution in [-0.2, 0) is 6.42 Å². The average molecular weight is 354 g/mol. The number of aryl methyl sites for hydroxylation is 1. The van der Waals surface area contributed by atoms with Crippen LogP contribution in [0.4, 0.5) is 13.2 Å². The second-order valence-electron chi connectivity index (χ2n) is 4.77. The van der Waals surface area contributed by atoms with Gasteiger partial charge < -0.3 is 0 Å². The number of benzene rings is 1. The van der Waals surface area contributed by atoms with Gasteiger partial charge >= 0.3 is 12.2 Å². The lowest BCUT2D eigenvalue weighted by molar-refractivity contribution is 0.0640. The monoisotopic (exact) mass is 353 g/mol. The molecule has 22 heavy (non-hydrogen) atoms. The molecule has 1 atom stereocenters. The SMILES string of the molecule is Cc1nn(-c2cc(CC(C)Cl)c(Cl)cc2F)c(=O)n1C(F)F. The van der Waals surface area contributed by atoms with Gasteiger partial charge in [0.15, 0.2) is 5.82 Å². The third-order valence-electron chi connectivity index (χ3n) is 3.02. The summed E-state index contributed by atoms with van der Waals surface area (Å²) in [5.74, 6) is -1.06. The first kappa shape index (κ1) is 16.9. The average Bonchev–Trinajstić information content (AvgIpc) is 2.67. The summed E-state index contributed by atoms with van der Waals surface area (Å²) >= 11 is 11.8. The molecule has 0 spiro atoms. The minimum Gasteiger partial charge on any atom is -0.245 e. The molecule has 0 amide bonds. The van der Waals surface area contributed by atoms with Crippen molar-refractivity contribution in [3.05, 3.63) is 44.8 Å². The van der Waals surface area contributed by atoms with E-state index in [0.29, 0.717) is 16.7 Å². The molecule has 1 unspecified atom stereocenters. The van der Waals surface area contributed by atoms with E-state index < -0.39 is 18.1 Å². The van der Waals surface area contributed by atoms with Crippen LogP contribution < -0.4 is 5.69 Å². The molecule has 0 bridgehead atoms. The van der Waals surface area contributed by atoms with Gasteiger partial charge in [0.25, 0.3) is 0 Å². The minimum absolute atomic E-state index is 0.145. The van der Waals surface area contributed by atoms with Gasteiger partial charge in [-0.25, -0.2) is 13.8 Å². The lowest BCUT2D eigenvalue weighted by atomic mass is 10.1. The van der Waals surface area contributed by atoms with Crippen molar-refractivity contribution >= 4 is 23.2 Å². The Kier molecular flexibility index (Phi) is 4.87. The van der Waals surface area contributed by atoms with E-state index in [4.69, 9.17) is 23.2 Å². The summed E-state index contributed by atoms with van der Waals surface area (Å²) in [6.45, 7) is -0.0958. The Labute approximate surface area is 134 Å². The van der Waals surface area contributed by atoms with Crippen LogP contribution in [0, 0.1) is 12.7 Å². The highest BCUT2D eigenvalue weighted by Crippen LogP contribution is 2.25. The molecule has 0 aliphatic rings. The Hall–Kier alpha value is -1.47. The highest BCUT2D eigenvalue weighted by Gasteiger charge is 2.21. The Morgan fingerprint density at radius 3 is 2.50 bits per heavy atom. The molecule has 0 radical (unpaired) electrons. The molecule has 2 rings (SSSR count). The van der Waals surface area contributed by atoms with Crippen molar-refractivity contribution in [1.29, 1.82) is 0 Å². The van der Waals surface area contributed by atoms with Crippen molar-refractivity contribution in [1.82, 2.24) is 14.3 Å². The van der Waals surface area contributed by atoms with E-state index in [0.717, 1.165) is 6.07 Å². The first-order valence-electron chi connectivity index (χ1n) is 6.31. The maximum Gasteiger partial charge on any atom is 0.355 e. The smallest absolute Gasteiger partial charge is 0.245 e. The van der Waals surface area contributed by atoms with Gasteiger partial charge in [-0.2, -0.15) is 13.5 Å². The molecular formula is C13H12Cl2F3N3O. The van der Waals surface area contributed by atoms with Gasteiger partial charge in [0, 0.05) is 10.4 Å². The Morgan fingerprint density at radius 1 is 1.36 bits per heavy atom. The summed E-state index contributed by atoms with van der Waals surface area (Å²) in [6, 6.07) is 2.30. The quantitative estimate of drug-likeness (QED) is 0.786. The van der Waals surface area contributed by atoms with Crippen LogP contribution in [0.2, 0.25) is 5.02 Å². The Morgan fingerprint density at radius 2 is 2.00 bits per heavy atom. The molecule has 1 heterocycles. The van der Waals surface area contributed by atoms with Crippen LogP contribution in [0.5, 0.6) is 0 Å². The lowest BCUT2D eigenvalue weighted by Gasteiger charge is -2.09. The Balaban J connectivity index is 2.63. The zero-order valence-corrected chi connectivity index (χ0v) is 13.2. The van der Waals surface area contributed by atoms with Gasteiger partial charge in [-0.15, -0.1) is 16.7 Å². The molecule has 120 valence electrons. The third-order valence-corrected chi connectivity index (χ3v) is 3.53. The van der Waals surface area contributed by atoms with Crippen molar-refractivity contribution in [2.45, 2.75) is 32.2 Å². The molecule has 0 aliphatic heterocycles. The molecule has 9 heteroatoms. The number of rotatable bonds is 4. The summed E-state index contributed by atoms with van der Waals surface area (Å²) < 4.78 is 40.5. The molecule has 1 aromatic heterocycles. The Bertz CT molecular complexity index is 756. The van der Waals surface area contributed by atoms with Crippen LogP contribution in [0.25, 0.3) is 5.69 Å². The maximum atomic E-state index is 14.1. The molecule has 1 aromatic carbocycles. The fraction of sp³-hybridized carbons (Fsp3) is 0.385. The number of nitrogens with zero attached hydrogens (tertiary/aromatic N) is 3. The van der Waals surface area contributed by atoms with Gasteiger partial charge in [-0.05, 0) is 38.0 Å². The van der Waals surface area contributed by atoms with E-state index in [1.54, 1.807) is 6.92 Å². The summed E-state index contributed by atoms with van der Waals surface area (Å²) in [5.41, 5.74) is -0.875. The normalized spacial score (nSPS) is 12.9. The molecule has 0 fully saturated rings. The van der Waals surface area contributed by atoms with Gasteiger partial charge in [0.1, 0.15) is 11.5 Å². The molecule has 4 nitrogen and oxygen atoms in total. The number of hydrogen-bond acceptors (Lipinski definition) is 2. The summed E-state index contributed by atoms with van der Waals surface area (Å²) in [4.78, 5) is 12.0. The number of hydrogen-bond donors (Lipinski definition) is 0. The first-order chi connectivity index (χ1) is 10.2. The standard InChI is InChI=1S/C13H12Cl2F3N3O/c1-6(14)3-8-4-11(10(16)5-9(8)15)21-13(22)20(12(17)18)7(2)19-21/h4-6,12H,3H2,1-2H3. The van der Waals surface area contributed by atoms with Gasteiger partial charge in [-0.1, -0.05) is 11.6 Å². The number of halogens is 5. The molecule has 0 saturated heterocycles. The van der Waals surface area contributed by atoms with Crippen LogP contribution in [0.3, 0.4) is 0 Å². The zero-order chi connectivity index (χ0) is 16.6. The molecule has 2 aromatic rings. The van der Waals surface area contributed by atoms with E-state index in [1.807, 2.05) is 0 Å². The van der Waals surface area contributed by atoms with Gasteiger partial charge in [-0.3, -0.25) is 0 Å². The first-order valence-corrected chi connectivity index (χ1v) is 7.12. The van der Waals surface area contributed by atoms with E-state index in [2.05, 4.69) is 5.10 Å². The molecular weight excluding hydrogens is 342 g/mol. The second kappa shape index (κ2) is 6.34. The van der Waals surface area contributed by atoms with Crippen molar-refractivity contribution in [3.8, 4) is 5.69 Å². The molecule has 0 saturated carbocycles. The summed E-state index contributed by atoms with van der Waals surface area (Å²) in [5, 5.41) is 3.56. The molecule has 0 aliphatic carbocycles. The maximum absolute atomic E-state index is 14.1. The van der Waals surface area contributed by atoms with Crippen molar-refractivity contribution in [2.75, 3.05) is 0 Å². The minimum atomic E-state index is -3.06. The van der Waals surface area contributed by atoms with Crippen molar-refractivity contribution in [3.63, 3.8) is 0 Å². The van der Waals surface area contributed by atoms with Crippen LogP contribution >= 0.6 is 23.2 Å². The largest absolute Gasteiger partial charge is 0.355 e. The lowest BCUT2D eigenvalue weighted by Crippen LogP contribution is -2.25. The number of aromatic nitrogens is 3. The van der Waals surface area contributed by atoms with Crippen LogP contribution in [0.1, 0.15) is 24.9 Å². The van der Waals surface area contributed by atoms with Crippen molar-refractivity contribution < 1.29 is 13.2 Å². The van der Waals surface area contributed by atoms with Gasteiger partial charge in [0.05, 0.1) is 0 Å². The van der Waals surface area contributed by atoms with E-state index in [9.17, 15) is 18.0 Å². The second-order valence-corrected chi connectivity index (χ2v) is 5.92. The van der Waals surface area contributed by atoms with E-state index in [-0.39, 0.29) is 26.5 Å². The van der Waals surface area contributed by atoms with Crippen molar-refractivity contribution in [2.24, 2.45) is 0 Å². The highest BCUT2D eigenvalue weighted by atomic mass is 35.5. The summed E-state index contributed by atoms with van der Waals surface area (Å²) in [6.07, 6.45) is 0.330. The third kappa shape index (κ3) is 3.15. The van der Waals surface area contributed by atoms with E-state index >= 15 is 0 Å². The fourth-order valence-corrected chi connectivity index (χ4v) is 2.45. The predicted molar refractivity (Wildman–Crippen MR) is 77.8 cm³/mol. The van der Waals surface area contributed by atoms with Crippen LogP contribution in [0.15, 0.2) is 16.9 Å². The topological polar surface area (TPSA) is 39.8 Å². The summed E-state index contributed by atoms with van der Waals surface area (Å²) in [7, 11) is 0. The fourth-order valence-electron chi connectivity index (χ4n) is 2.06. The van der Waals surface area contributed by atoms with E-state index in [1.165, 1.54) is 13.0 Å². The predicted octanol–water partition coefficient (Wildman–Crippen LogP) is 3.70. The van der Waals surface area contributed by atoms with Crippen LogP contribution in [-0.4, -0.2) is 19.7 Å². The number of alkyl halides is 3.